The molecule has 1 saturated carbocycles. The van der Waals surface area contributed by atoms with Crippen molar-refractivity contribution < 1.29 is 14.6 Å². The summed E-state index contributed by atoms with van der Waals surface area (Å²) < 4.78 is 4.92. The second-order valence-electron chi connectivity index (χ2n) is 4.79. The predicted molar refractivity (Wildman–Crippen MR) is 62.4 cm³/mol. The van der Waals surface area contributed by atoms with Gasteiger partial charge in [0.15, 0.2) is 0 Å². The summed E-state index contributed by atoms with van der Waals surface area (Å²) in [5, 5.41) is 12.3. The average Bonchev–Trinajstić information content (AvgIpc) is 2.24. The summed E-state index contributed by atoms with van der Waals surface area (Å²) in [7, 11) is 1.63. The van der Waals surface area contributed by atoms with E-state index in [1.807, 2.05) is 0 Å². The summed E-state index contributed by atoms with van der Waals surface area (Å²) in [5.74, 6) is 0.207. The molecule has 0 spiro atoms. The Hall–Kier alpha value is -0.610. The molecule has 0 amide bonds. The fourth-order valence-electron chi connectivity index (χ4n) is 2.56. The second-order valence-corrected chi connectivity index (χ2v) is 4.79. The number of carbonyl (C=O) groups is 1. The summed E-state index contributed by atoms with van der Waals surface area (Å²) in [6.07, 6.45) is 4.45. The maximum absolute atomic E-state index is 11.2. The van der Waals surface area contributed by atoms with Gasteiger partial charge in [-0.2, -0.15) is 0 Å². The lowest BCUT2D eigenvalue weighted by Gasteiger charge is -2.31. The van der Waals surface area contributed by atoms with E-state index in [4.69, 9.17) is 4.74 Å². The van der Waals surface area contributed by atoms with Crippen LogP contribution in [-0.4, -0.2) is 37.4 Å². The highest BCUT2D eigenvalue weighted by atomic mass is 16.5. The van der Waals surface area contributed by atoms with Crippen LogP contribution in [0.15, 0.2) is 0 Å². The molecule has 4 heteroatoms. The maximum Gasteiger partial charge on any atom is 0.320 e. The van der Waals surface area contributed by atoms with Gasteiger partial charge in [0, 0.05) is 13.7 Å². The molecule has 1 aliphatic rings. The Kier molecular flexibility index (Phi) is 5.77. The van der Waals surface area contributed by atoms with Crippen LogP contribution >= 0.6 is 0 Å². The van der Waals surface area contributed by atoms with Gasteiger partial charge in [-0.3, -0.25) is 4.79 Å². The van der Waals surface area contributed by atoms with Crippen molar-refractivity contribution in [1.82, 2.24) is 5.32 Å². The normalized spacial score (nSPS) is 27.6. The zero-order valence-corrected chi connectivity index (χ0v) is 10.2. The zero-order chi connectivity index (χ0) is 12.0. The van der Waals surface area contributed by atoms with Crippen molar-refractivity contribution in [3.05, 3.63) is 0 Å². The molecule has 4 nitrogen and oxygen atoms in total. The molecule has 3 atom stereocenters. The minimum absolute atomic E-state index is 0.276. The van der Waals surface area contributed by atoms with E-state index in [0.717, 1.165) is 19.3 Å². The van der Waals surface area contributed by atoms with Crippen LogP contribution in [0.5, 0.6) is 0 Å². The Labute approximate surface area is 97.4 Å². The number of aliphatic carboxylic acids is 1. The van der Waals surface area contributed by atoms with Gasteiger partial charge < -0.3 is 15.2 Å². The standard InChI is InChI=1S/C12H23NO3/c1-9-4-3-5-10(8-9)11(12(14)15)13-6-7-16-2/h9-11,13H,3-8H2,1-2H3,(H,14,15). The van der Waals surface area contributed by atoms with Crippen molar-refractivity contribution >= 4 is 5.97 Å². The van der Waals surface area contributed by atoms with E-state index in [-0.39, 0.29) is 5.92 Å². The van der Waals surface area contributed by atoms with Crippen LogP contribution in [0.2, 0.25) is 0 Å². The molecular weight excluding hydrogens is 206 g/mol. The monoisotopic (exact) mass is 229 g/mol. The third-order valence-electron chi connectivity index (χ3n) is 3.38. The molecule has 0 radical (unpaired) electrons. The molecule has 0 bridgehead atoms. The molecule has 0 aromatic carbocycles. The van der Waals surface area contributed by atoms with Gasteiger partial charge in [-0.15, -0.1) is 0 Å². The Morgan fingerprint density at radius 3 is 2.88 bits per heavy atom. The molecule has 0 aromatic heterocycles. The van der Waals surface area contributed by atoms with Gasteiger partial charge in [0.05, 0.1) is 6.61 Å². The van der Waals surface area contributed by atoms with Crippen LogP contribution in [-0.2, 0) is 9.53 Å². The van der Waals surface area contributed by atoms with E-state index in [0.29, 0.717) is 19.1 Å². The number of hydrogen-bond acceptors (Lipinski definition) is 3. The molecule has 1 rings (SSSR count). The number of ether oxygens (including phenoxy) is 1. The van der Waals surface area contributed by atoms with E-state index >= 15 is 0 Å². The molecule has 1 aliphatic carbocycles. The van der Waals surface area contributed by atoms with Crippen LogP contribution in [0.25, 0.3) is 0 Å². The minimum Gasteiger partial charge on any atom is -0.480 e. The largest absolute Gasteiger partial charge is 0.480 e. The predicted octanol–water partition coefficient (Wildman–Crippen LogP) is 1.50. The van der Waals surface area contributed by atoms with Crippen molar-refractivity contribution in [2.45, 2.75) is 38.6 Å². The fraction of sp³-hybridized carbons (Fsp3) is 0.917. The summed E-state index contributed by atoms with van der Waals surface area (Å²) >= 11 is 0. The molecule has 0 aliphatic heterocycles. The van der Waals surface area contributed by atoms with Crippen LogP contribution in [0.3, 0.4) is 0 Å². The highest BCUT2D eigenvalue weighted by Crippen LogP contribution is 2.30. The lowest BCUT2D eigenvalue weighted by Crippen LogP contribution is -2.45. The average molecular weight is 229 g/mol. The number of hydrogen-bond donors (Lipinski definition) is 2. The van der Waals surface area contributed by atoms with Crippen molar-refractivity contribution in [3.63, 3.8) is 0 Å². The highest BCUT2D eigenvalue weighted by Gasteiger charge is 2.30. The number of rotatable bonds is 6. The van der Waals surface area contributed by atoms with Gasteiger partial charge in [-0.25, -0.2) is 0 Å². The Morgan fingerprint density at radius 2 is 2.31 bits per heavy atom. The zero-order valence-electron chi connectivity index (χ0n) is 10.2. The van der Waals surface area contributed by atoms with Crippen molar-refractivity contribution in [1.29, 1.82) is 0 Å². The SMILES string of the molecule is COCCNC(C(=O)O)C1CCCC(C)C1. The molecule has 1 fully saturated rings. The van der Waals surface area contributed by atoms with E-state index in [2.05, 4.69) is 12.2 Å². The molecular formula is C12H23NO3. The van der Waals surface area contributed by atoms with Gasteiger partial charge in [0.25, 0.3) is 0 Å². The fourth-order valence-corrected chi connectivity index (χ4v) is 2.56. The van der Waals surface area contributed by atoms with E-state index in [9.17, 15) is 9.90 Å². The molecule has 2 N–H and O–H groups in total. The summed E-state index contributed by atoms with van der Waals surface area (Å²) in [6, 6.07) is -0.405. The smallest absolute Gasteiger partial charge is 0.320 e. The van der Waals surface area contributed by atoms with E-state index in [1.165, 1.54) is 6.42 Å². The van der Waals surface area contributed by atoms with Crippen LogP contribution < -0.4 is 5.32 Å². The first kappa shape index (κ1) is 13.5. The van der Waals surface area contributed by atoms with Crippen molar-refractivity contribution in [2.24, 2.45) is 11.8 Å². The summed E-state index contributed by atoms with van der Waals surface area (Å²) in [4.78, 5) is 11.2. The van der Waals surface area contributed by atoms with E-state index < -0.39 is 12.0 Å². The molecule has 0 aromatic rings. The lowest BCUT2D eigenvalue weighted by molar-refractivity contribution is -0.141. The highest BCUT2D eigenvalue weighted by molar-refractivity contribution is 5.73. The van der Waals surface area contributed by atoms with Crippen molar-refractivity contribution in [3.8, 4) is 0 Å². The first-order valence-electron chi connectivity index (χ1n) is 6.10. The molecule has 3 unspecified atom stereocenters. The molecule has 0 heterocycles. The Balaban J connectivity index is 2.44. The first-order chi connectivity index (χ1) is 7.65. The van der Waals surface area contributed by atoms with Gasteiger partial charge in [-0.05, 0) is 24.7 Å². The second kappa shape index (κ2) is 6.86. The number of carboxylic acid groups (broad SMARTS) is 1. The van der Waals surface area contributed by atoms with Gasteiger partial charge in [0.1, 0.15) is 6.04 Å². The Bertz CT molecular complexity index is 220. The van der Waals surface area contributed by atoms with Crippen molar-refractivity contribution in [2.75, 3.05) is 20.3 Å². The molecule has 94 valence electrons. The first-order valence-corrected chi connectivity index (χ1v) is 6.10. The molecule has 0 saturated heterocycles. The van der Waals surface area contributed by atoms with E-state index in [1.54, 1.807) is 7.11 Å². The number of methoxy groups -OCH3 is 1. The minimum atomic E-state index is -0.727. The number of nitrogens with one attached hydrogen (secondary N) is 1. The quantitative estimate of drug-likeness (QED) is 0.678. The third-order valence-corrected chi connectivity index (χ3v) is 3.38. The lowest BCUT2D eigenvalue weighted by atomic mass is 9.78. The summed E-state index contributed by atoms with van der Waals surface area (Å²) in [5.41, 5.74) is 0. The van der Waals surface area contributed by atoms with Gasteiger partial charge in [-0.1, -0.05) is 19.8 Å². The molecule has 16 heavy (non-hydrogen) atoms. The van der Waals surface area contributed by atoms with Crippen LogP contribution in [0.1, 0.15) is 32.6 Å². The van der Waals surface area contributed by atoms with Gasteiger partial charge in [0.2, 0.25) is 0 Å². The number of carboxylic acids is 1. The topological polar surface area (TPSA) is 58.6 Å². The van der Waals surface area contributed by atoms with Gasteiger partial charge >= 0.3 is 5.97 Å². The maximum atomic E-state index is 11.2. The summed E-state index contributed by atoms with van der Waals surface area (Å²) in [6.45, 7) is 3.38. The van der Waals surface area contributed by atoms with Crippen LogP contribution in [0.4, 0.5) is 0 Å². The van der Waals surface area contributed by atoms with Crippen LogP contribution in [0, 0.1) is 11.8 Å². The Morgan fingerprint density at radius 1 is 1.56 bits per heavy atom. The third kappa shape index (κ3) is 4.10.